The first kappa shape index (κ1) is 11.2. The lowest BCUT2D eigenvalue weighted by molar-refractivity contribution is 1.11. The molecule has 3 heteroatoms. The van der Waals surface area contributed by atoms with Crippen LogP contribution in [0.1, 0.15) is 24.3 Å². The Kier molecular flexibility index (Phi) is 2.89. The fraction of sp³-hybridized carbons (Fsp3) is 0.286. The first-order valence-electron chi connectivity index (χ1n) is 5.83. The standard InChI is InChI=1S/C14H15NS2/c1-16-14-12(10-7-8-10)11(13(15)17-14)9-5-3-2-4-6-9/h2-6,10H,7-8,15H2,1H3. The van der Waals surface area contributed by atoms with Crippen molar-refractivity contribution in [2.24, 2.45) is 0 Å². The third-order valence-electron chi connectivity index (χ3n) is 3.17. The van der Waals surface area contributed by atoms with Crippen LogP contribution in [0.15, 0.2) is 34.5 Å². The van der Waals surface area contributed by atoms with Crippen LogP contribution in [0, 0.1) is 0 Å². The lowest BCUT2D eigenvalue weighted by Gasteiger charge is -2.06. The zero-order valence-electron chi connectivity index (χ0n) is 9.77. The van der Waals surface area contributed by atoms with Gasteiger partial charge in [-0.2, -0.15) is 0 Å². The minimum Gasteiger partial charge on any atom is -0.390 e. The molecular weight excluding hydrogens is 246 g/mol. The van der Waals surface area contributed by atoms with Gasteiger partial charge in [0.15, 0.2) is 0 Å². The van der Waals surface area contributed by atoms with E-state index in [0.717, 1.165) is 10.9 Å². The largest absolute Gasteiger partial charge is 0.390 e. The summed E-state index contributed by atoms with van der Waals surface area (Å²) < 4.78 is 1.41. The van der Waals surface area contributed by atoms with Crippen molar-refractivity contribution >= 4 is 28.1 Å². The van der Waals surface area contributed by atoms with E-state index in [0.29, 0.717) is 0 Å². The van der Waals surface area contributed by atoms with Gasteiger partial charge < -0.3 is 5.73 Å². The quantitative estimate of drug-likeness (QED) is 0.817. The van der Waals surface area contributed by atoms with Gasteiger partial charge in [-0.15, -0.1) is 23.1 Å². The van der Waals surface area contributed by atoms with Crippen molar-refractivity contribution in [1.29, 1.82) is 0 Å². The summed E-state index contributed by atoms with van der Waals surface area (Å²) in [6, 6.07) is 10.5. The smallest absolute Gasteiger partial charge is 0.0950 e. The highest BCUT2D eigenvalue weighted by atomic mass is 32.2. The van der Waals surface area contributed by atoms with Gasteiger partial charge in [-0.3, -0.25) is 0 Å². The van der Waals surface area contributed by atoms with Crippen molar-refractivity contribution in [3.63, 3.8) is 0 Å². The van der Waals surface area contributed by atoms with Crippen LogP contribution < -0.4 is 5.73 Å². The molecule has 0 unspecified atom stereocenters. The molecule has 0 radical (unpaired) electrons. The Labute approximate surface area is 110 Å². The maximum absolute atomic E-state index is 6.22. The highest BCUT2D eigenvalue weighted by Gasteiger charge is 2.31. The zero-order valence-corrected chi connectivity index (χ0v) is 11.4. The summed E-state index contributed by atoms with van der Waals surface area (Å²) >= 11 is 3.58. The summed E-state index contributed by atoms with van der Waals surface area (Å²) in [6.45, 7) is 0. The second-order valence-electron chi connectivity index (χ2n) is 4.39. The summed E-state index contributed by atoms with van der Waals surface area (Å²) in [6.07, 6.45) is 4.79. The van der Waals surface area contributed by atoms with Gasteiger partial charge in [-0.05, 0) is 36.1 Å². The van der Waals surface area contributed by atoms with E-state index in [1.165, 1.54) is 33.7 Å². The van der Waals surface area contributed by atoms with Gasteiger partial charge in [0.2, 0.25) is 0 Å². The Morgan fingerprint density at radius 3 is 2.53 bits per heavy atom. The molecule has 0 saturated heterocycles. The Hall–Kier alpha value is -0.930. The minimum atomic E-state index is 0.751. The van der Waals surface area contributed by atoms with Crippen molar-refractivity contribution in [3.8, 4) is 11.1 Å². The molecule has 1 saturated carbocycles. The molecule has 0 amide bonds. The molecule has 2 N–H and O–H groups in total. The molecule has 1 aromatic heterocycles. The number of hydrogen-bond acceptors (Lipinski definition) is 3. The third-order valence-corrected chi connectivity index (χ3v) is 5.34. The molecule has 0 spiro atoms. The zero-order chi connectivity index (χ0) is 11.8. The fourth-order valence-electron chi connectivity index (χ4n) is 2.24. The number of rotatable bonds is 3. The number of anilines is 1. The summed E-state index contributed by atoms with van der Waals surface area (Å²) in [5.74, 6) is 0.751. The summed E-state index contributed by atoms with van der Waals surface area (Å²) in [4.78, 5) is 0. The third kappa shape index (κ3) is 1.98. The van der Waals surface area contributed by atoms with Crippen molar-refractivity contribution in [2.45, 2.75) is 23.0 Å². The van der Waals surface area contributed by atoms with E-state index in [1.807, 2.05) is 11.8 Å². The van der Waals surface area contributed by atoms with Crippen LogP contribution in [0.5, 0.6) is 0 Å². The predicted molar refractivity (Wildman–Crippen MR) is 77.9 cm³/mol. The van der Waals surface area contributed by atoms with Gasteiger partial charge in [0.1, 0.15) is 0 Å². The molecule has 17 heavy (non-hydrogen) atoms. The maximum Gasteiger partial charge on any atom is 0.0950 e. The van der Waals surface area contributed by atoms with Gasteiger partial charge in [0.05, 0.1) is 9.21 Å². The molecule has 1 nitrogen and oxygen atoms in total. The van der Waals surface area contributed by atoms with Crippen LogP contribution in [0.25, 0.3) is 11.1 Å². The number of thioether (sulfide) groups is 1. The Balaban J connectivity index is 2.18. The second-order valence-corrected chi connectivity index (χ2v) is 6.51. The summed E-state index contributed by atoms with van der Waals surface area (Å²) in [7, 11) is 0. The molecule has 1 aliphatic rings. The van der Waals surface area contributed by atoms with Crippen LogP contribution in [0.2, 0.25) is 0 Å². The summed E-state index contributed by atoms with van der Waals surface area (Å²) in [5.41, 5.74) is 10.3. The number of thiophene rings is 1. The van der Waals surface area contributed by atoms with Crippen LogP contribution in [-0.4, -0.2) is 6.26 Å². The highest BCUT2D eigenvalue weighted by Crippen LogP contribution is 2.53. The molecule has 2 aromatic rings. The molecule has 1 aliphatic carbocycles. The van der Waals surface area contributed by atoms with Crippen molar-refractivity contribution in [2.75, 3.05) is 12.0 Å². The normalized spacial score (nSPS) is 15.1. The van der Waals surface area contributed by atoms with Crippen LogP contribution >= 0.6 is 23.1 Å². The van der Waals surface area contributed by atoms with E-state index in [2.05, 4.69) is 36.6 Å². The van der Waals surface area contributed by atoms with Gasteiger partial charge in [0.25, 0.3) is 0 Å². The number of nitrogens with two attached hydrogens (primary N) is 1. The van der Waals surface area contributed by atoms with E-state index >= 15 is 0 Å². The monoisotopic (exact) mass is 261 g/mol. The first-order valence-corrected chi connectivity index (χ1v) is 7.87. The lowest BCUT2D eigenvalue weighted by atomic mass is 10.0. The molecule has 0 aliphatic heterocycles. The van der Waals surface area contributed by atoms with Gasteiger partial charge in [-0.1, -0.05) is 30.3 Å². The number of hydrogen-bond donors (Lipinski definition) is 1. The predicted octanol–water partition coefficient (Wildman–Crippen LogP) is 4.60. The number of nitrogen functional groups attached to an aromatic ring is 1. The molecule has 3 rings (SSSR count). The molecule has 0 bridgehead atoms. The van der Waals surface area contributed by atoms with E-state index < -0.39 is 0 Å². The molecule has 1 fully saturated rings. The highest BCUT2D eigenvalue weighted by molar-refractivity contribution is 8.00. The topological polar surface area (TPSA) is 26.0 Å². The summed E-state index contributed by atoms with van der Waals surface area (Å²) in [5, 5.41) is 0.974. The molecular formula is C14H15NS2. The van der Waals surface area contributed by atoms with E-state index in [9.17, 15) is 0 Å². The van der Waals surface area contributed by atoms with E-state index in [4.69, 9.17) is 5.73 Å². The van der Waals surface area contributed by atoms with E-state index in [1.54, 1.807) is 11.3 Å². The van der Waals surface area contributed by atoms with Gasteiger partial charge in [0, 0.05) is 5.56 Å². The first-order chi connectivity index (χ1) is 8.31. The maximum atomic E-state index is 6.22. The average Bonchev–Trinajstić information content (AvgIpc) is 3.14. The van der Waals surface area contributed by atoms with Crippen molar-refractivity contribution in [1.82, 2.24) is 0 Å². The average molecular weight is 261 g/mol. The Morgan fingerprint density at radius 1 is 1.24 bits per heavy atom. The minimum absolute atomic E-state index is 0.751. The molecule has 0 atom stereocenters. The molecule has 1 aromatic carbocycles. The SMILES string of the molecule is CSc1sc(N)c(-c2ccccc2)c1C1CC1. The molecule has 1 heterocycles. The van der Waals surface area contributed by atoms with E-state index in [-0.39, 0.29) is 0 Å². The van der Waals surface area contributed by atoms with Crippen molar-refractivity contribution in [3.05, 3.63) is 35.9 Å². The number of benzene rings is 1. The van der Waals surface area contributed by atoms with Crippen LogP contribution in [0.3, 0.4) is 0 Å². The molecule has 88 valence electrons. The van der Waals surface area contributed by atoms with Crippen LogP contribution in [0.4, 0.5) is 5.00 Å². The van der Waals surface area contributed by atoms with Crippen LogP contribution in [-0.2, 0) is 0 Å². The lowest BCUT2D eigenvalue weighted by Crippen LogP contribution is -1.88. The Morgan fingerprint density at radius 2 is 1.94 bits per heavy atom. The van der Waals surface area contributed by atoms with Crippen molar-refractivity contribution < 1.29 is 0 Å². The fourth-order valence-corrected chi connectivity index (χ4v) is 4.24. The van der Waals surface area contributed by atoms with Gasteiger partial charge in [-0.25, -0.2) is 0 Å². The second kappa shape index (κ2) is 4.39. The Bertz CT molecular complexity index is 527. The van der Waals surface area contributed by atoms with Gasteiger partial charge >= 0.3 is 0 Å².